The third kappa shape index (κ3) is 3.36. The predicted molar refractivity (Wildman–Crippen MR) is 114 cm³/mol. The van der Waals surface area contributed by atoms with Crippen molar-refractivity contribution in [3.8, 4) is 10.8 Å². The monoisotopic (exact) mass is 461 g/mol. The lowest BCUT2D eigenvalue weighted by molar-refractivity contribution is 0.0876. The highest BCUT2D eigenvalue weighted by molar-refractivity contribution is 7.99. The van der Waals surface area contributed by atoms with E-state index in [1.807, 2.05) is 0 Å². The van der Waals surface area contributed by atoms with Gasteiger partial charge in [-0.15, -0.1) is 21.5 Å². The van der Waals surface area contributed by atoms with Gasteiger partial charge in [-0.05, 0) is 48.9 Å². The summed E-state index contributed by atoms with van der Waals surface area (Å²) in [5, 5.41) is 8.59. The molecular weight excluding hydrogens is 442 g/mol. The summed E-state index contributed by atoms with van der Waals surface area (Å²) in [6.45, 7) is 2.31. The Kier molecular flexibility index (Phi) is 4.95. The Balaban J connectivity index is 1.25. The van der Waals surface area contributed by atoms with E-state index in [4.69, 9.17) is 4.42 Å². The SMILES string of the molecule is CC1CCc2sc(-c3nnc(SCCN4C(=O)c5ccccc5S4(=O)=O)o3)cc2C1. The maximum atomic E-state index is 12.6. The molecule has 3 heterocycles. The van der Waals surface area contributed by atoms with Crippen molar-refractivity contribution in [3.05, 3.63) is 46.3 Å². The smallest absolute Gasteiger partial charge is 0.276 e. The van der Waals surface area contributed by atoms with Crippen LogP contribution in [0.1, 0.15) is 34.1 Å². The number of thioether (sulfide) groups is 1. The Bertz CT molecular complexity index is 1230. The first-order valence-electron chi connectivity index (χ1n) is 9.68. The average molecular weight is 462 g/mol. The van der Waals surface area contributed by atoms with Crippen LogP contribution in [0, 0.1) is 5.92 Å². The Labute approximate surface area is 182 Å². The van der Waals surface area contributed by atoms with Gasteiger partial charge in [0.15, 0.2) is 0 Å². The third-order valence-electron chi connectivity index (χ3n) is 5.38. The standard InChI is InChI=1S/C20H19N3O4S3/c1-12-6-7-15-13(10-12)11-16(29-15)18-21-22-20(27-18)28-9-8-23-19(24)14-4-2-3-5-17(14)30(23,25)26/h2-5,11-12H,6-10H2,1H3. The van der Waals surface area contributed by atoms with E-state index in [2.05, 4.69) is 23.2 Å². The van der Waals surface area contributed by atoms with E-state index in [9.17, 15) is 13.2 Å². The van der Waals surface area contributed by atoms with E-state index in [0.717, 1.165) is 22.0 Å². The minimum Gasteiger partial charge on any atom is -0.410 e. The normalized spacial score (nSPS) is 19.7. The summed E-state index contributed by atoms with van der Waals surface area (Å²) in [5.41, 5.74) is 1.59. The number of rotatable bonds is 5. The molecule has 2 aromatic heterocycles. The van der Waals surface area contributed by atoms with Crippen LogP contribution < -0.4 is 0 Å². The van der Waals surface area contributed by atoms with Gasteiger partial charge in [-0.2, -0.15) is 0 Å². The zero-order chi connectivity index (χ0) is 20.9. The third-order valence-corrected chi connectivity index (χ3v) is 9.24. The number of sulfonamides is 1. The molecule has 1 unspecified atom stereocenters. The van der Waals surface area contributed by atoms with Gasteiger partial charge in [0.25, 0.3) is 27.0 Å². The van der Waals surface area contributed by atoms with Crippen LogP contribution in [0.5, 0.6) is 0 Å². The Hall–Kier alpha value is -2.17. The van der Waals surface area contributed by atoms with E-state index in [1.165, 1.54) is 40.8 Å². The van der Waals surface area contributed by atoms with Crippen molar-refractivity contribution in [1.82, 2.24) is 14.5 Å². The number of amides is 1. The summed E-state index contributed by atoms with van der Waals surface area (Å²) in [6.07, 6.45) is 3.39. The summed E-state index contributed by atoms with van der Waals surface area (Å²) < 4.78 is 31.9. The van der Waals surface area contributed by atoms with E-state index >= 15 is 0 Å². The number of thiophene rings is 1. The lowest BCUT2D eigenvalue weighted by atomic mass is 9.90. The molecule has 0 saturated heterocycles. The molecule has 1 aliphatic heterocycles. The van der Waals surface area contributed by atoms with Crippen molar-refractivity contribution in [2.24, 2.45) is 5.92 Å². The fraction of sp³-hybridized carbons (Fsp3) is 0.350. The molecule has 30 heavy (non-hydrogen) atoms. The minimum absolute atomic E-state index is 0.0451. The van der Waals surface area contributed by atoms with Crippen LogP contribution in [0.2, 0.25) is 0 Å². The van der Waals surface area contributed by atoms with Crippen LogP contribution in [0.25, 0.3) is 10.8 Å². The molecule has 156 valence electrons. The van der Waals surface area contributed by atoms with Crippen molar-refractivity contribution in [1.29, 1.82) is 0 Å². The lowest BCUT2D eigenvalue weighted by Crippen LogP contribution is -2.32. The van der Waals surface area contributed by atoms with Crippen LogP contribution in [-0.4, -0.2) is 41.1 Å². The molecule has 1 aliphatic carbocycles. The molecule has 1 atom stereocenters. The zero-order valence-corrected chi connectivity index (χ0v) is 18.6. The first kappa shape index (κ1) is 19.8. The molecule has 2 aliphatic rings. The van der Waals surface area contributed by atoms with Crippen LogP contribution in [0.15, 0.2) is 44.9 Å². The number of aromatic nitrogens is 2. The molecule has 0 fully saturated rings. The zero-order valence-electron chi connectivity index (χ0n) is 16.2. The lowest BCUT2D eigenvalue weighted by Gasteiger charge is -2.16. The van der Waals surface area contributed by atoms with Gasteiger partial charge in [0, 0.05) is 17.2 Å². The Morgan fingerprint density at radius 2 is 2.13 bits per heavy atom. The van der Waals surface area contributed by atoms with Crippen LogP contribution in [-0.2, 0) is 22.9 Å². The van der Waals surface area contributed by atoms with Gasteiger partial charge in [0.05, 0.1) is 10.4 Å². The van der Waals surface area contributed by atoms with Crippen molar-refractivity contribution >= 4 is 39.0 Å². The quantitative estimate of drug-likeness (QED) is 0.533. The maximum absolute atomic E-state index is 12.6. The van der Waals surface area contributed by atoms with Crippen molar-refractivity contribution in [2.75, 3.05) is 12.3 Å². The molecule has 0 saturated carbocycles. The van der Waals surface area contributed by atoms with Gasteiger partial charge in [0.1, 0.15) is 4.90 Å². The van der Waals surface area contributed by atoms with Crippen LogP contribution in [0.4, 0.5) is 0 Å². The highest BCUT2D eigenvalue weighted by atomic mass is 32.2. The van der Waals surface area contributed by atoms with Crippen molar-refractivity contribution in [2.45, 2.75) is 36.3 Å². The first-order valence-corrected chi connectivity index (χ1v) is 12.9. The number of benzene rings is 1. The fourth-order valence-corrected chi connectivity index (χ4v) is 7.35. The second-order valence-corrected chi connectivity index (χ2v) is 11.5. The molecule has 7 nitrogen and oxygen atoms in total. The minimum atomic E-state index is -3.79. The molecule has 0 N–H and O–H groups in total. The summed E-state index contributed by atoms with van der Waals surface area (Å²) >= 11 is 2.95. The number of nitrogens with zero attached hydrogens (tertiary/aromatic N) is 3. The Morgan fingerprint density at radius 3 is 2.97 bits per heavy atom. The summed E-state index contributed by atoms with van der Waals surface area (Å²) in [6, 6.07) is 8.41. The number of carbonyl (C=O) groups is 1. The van der Waals surface area contributed by atoms with Crippen molar-refractivity contribution < 1.29 is 17.6 Å². The molecule has 3 aromatic rings. The predicted octanol–water partition coefficient (Wildman–Crippen LogP) is 3.86. The molecule has 5 rings (SSSR count). The fourth-order valence-electron chi connectivity index (χ4n) is 3.85. The van der Waals surface area contributed by atoms with Crippen LogP contribution in [0.3, 0.4) is 0 Å². The highest BCUT2D eigenvalue weighted by Gasteiger charge is 2.40. The molecule has 0 spiro atoms. The summed E-state index contributed by atoms with van der Waals surface area (Å²) in [5.74, 6) is 1.03. The Morgan fingerprint density at radius 1 is 1.30 bits per heavy atom. The van der Waals surface area contributed by atoms with Gasteiger partial charge < -0.3 is 4.42 Å². The van der Waals surface area contributed by atoms with Crippen molar-refractivity contribution in [3.63, 3.8) is 0 Å². The number of carbonyl (C=O) groups excluding carboxylic acids is 1. The molecule has 0 bridgehead atoms. The number of fused-ring (bicyclic) bond motifs is 2. The summed E-state index contributed by atoms with van der Waals surface area (Å²) in [7, 11) is -3.79. The van der Waals surface area contributed by atoms with Gasteiger partial charge in [-0.25, -0.2) is 12.7 Å². The first-order chi connectivity index (χ1) is 14.4. The van der Waals surface area contributed by atoms with E-state index < -0.39 is 15.9 Å². The topological polar surface area (TPSA) is 93.4 Å². The summed E-state index contributed by atoms with van der Waals surface area (Å²) in [4.78, 5) is 14.9. The number of hydrogen-bond donors (Lipinski definition) is 0. The largest absolute Gasteiger partial charge is 0.410 e. The van der Waals surface area contributed by atoms with E-state index in [1.54, 1.807) is 23.5 Å². The second kappa shape index (κ2) is 7.51. The average Bonchev–Trinajstić information content (AvgIpc) is 3.40. The van der Waals surface area contributed by atoms with Gasteiger partial charge in [0.2, 0.25) is 0 Å². The molecule has 10 heteroatoms. The van der Waals surface area contributed by atoms with E-state index in [0.29, 0.717) is 22.8 Å². The number of hydrogen-bond acceptors (Lipinski definition) is 8. The number of aryl methyl sites for hydroxylation is 1. The second-order valence-electron chi connectivity index (χ2n) is 7.51. The molecule has 1 amide bonds. The van der Waals surface area contributed by atoms with E-state index in [-0.39, 0.29) is 17.0 Å². The molecular formula is C20H19N3O4S3. The van der Waals surface area contributed by atoms with Crippen LogP contribution >= 0.6 is 23.1 Å². The highest BCUT2D eigenvalue weighted by Crippen LogP contribution is 2.37. The maximum Gasteiger partial charge on any atom is 0.276 e. The molecule has 1 aromatic carbocycles. The van der Waals surface area contributed by atoms with Gasteiger partial charge in [-0.3, -0.25) is 4.79 Å². The molecule has 0 radical (unpaired) electrons. The van der Waals surface area contributed by atoms with Gasteiger partial charge in [-0.1, -0.05) is 30.8 Å². The van der Waals surface area contributed by atoms with Gasteiger partial charge >= 0.3 is 0 Å².